The quantitative estimate of drug-likeness (QED) is 0.688. The first-order valence-electron chi connectivity index (χ1n) is 6.19. The van der Waals surface area contributed by atoms with E-state index >= 15 is 0 Å². The number of hydrogen-bond donors (Lipinski definition) is 1. The summed E-state index contributed by atoms with van der Waals surface area (Å²) < 4.78 is 0. The number of nitrogens with one attached hydrogen (secondary N) is 1. The molecule has 0 spiro atoms. The van der Waals surface area contributed by atoms with Crippen LogP contribution in [0.15, 0.2) is 42.7 Å². The highest BCUT2D eigenvalue weighted by atomic mass is 16.6. The summed E-state index contributed by atoms with van der Waals surface area (Å²) in [5.41, 5.74) is 1.65. The topological polar surface area (TPSA) is 88.4 Å². The van der Waals surface area contributed by atoms with Crippen LogP contribution in [-0.2, 0) is 0 Å². The first-order chi connectivity index (χ1) is 10.0. The number of amides is 1. The minimum atomic E-state index is -0.480. The molecule has 1 amide bonds. The van der Waals surface area contributed by atoms with Gasteiger partial charge in [-0.05, 0) is 18.2 Å². The van der Waals surface area contributed by atoms with Gasteiger partial charge < -0.3 is 10.2 Å². The fraction of sp³-hybridized carbons (Fsp3) is 0.143. The second-order valence-corrected chi connectivity index (χ2v) is 4.31. The highest BCUT2D eigenvalue weighted by molar-refractivity contribution is 6.09. The zero-order chi connectivity index (χ0) is 15.4. The molecule has 0 saturated heterocycles. The molecule has 2 aromatic rings. The van der Waals surface area contributed by atoms with Gasteiger partial charge in [-0.25, -0.2) is 0 Å². The number of carbonyl (C=O) groups is 1. The summed E-state index contributed by atoms with van der Waals surface area (Å²) in [5.74, 6) is -0.249. The normalized spacial score (nSPS) is 10.0. The summed E-state index contributed by atoms with van der Waals surface area (Å²) in [7, 11) is 3.33. The number of pyridine rings is 1. The Morgan fingerprint density at radius 3 is 2.52 bits per heavy atom. The van der Waals surface area contributed by atoms with Crippen LogP contribution >= 0.6 is 0 Å². The Hall–Kier alpha value is -2.96. The highest BCUT2D eigenvalue weighted by Crippen LogP contribution is 2.22. The van der Waals surface area contributed by atoms with Crippen LogP contribution in [0.1, 0.15) is 10.4 Å². The molecule has 0 atom stereocenters. The summed E-state index contributed by atoms with van der Waals surface area (Å²) >= 11 is 0. The lowest BCUT2D eigenvalue weighted by Crippen LogP contribution is -2.27. The second-order valence-electron chi connectivity index (χ2n) is 4.31. The molecular formula is C14H14N4O3. The van der Waals surface area contributed by atoms with E-state index in [4.69, 9.17) is 0 Å². The number of anilines is 2. The molecule has 108 valence electrons. The molecule has 0 bridgehead atoms. The Kier molecular flexibility index (Phi) is 4.13. The van der Waals surface area contributed by atoms with Crippen molar-refractivity contribution in [3.05, 3.63) is 58.4 Å². The Bertz CT molecular complexity index is 670. The van der Waals surface area contributed by atoms with Gasteiger partial charge in [-0.15, -0.1) is 0 Å². The average molecular weight is 286 g/mol. The molecular weight excluding hydrogens is 272 g/mol. The van der Waals surface area contributed by atoms with Gasteiger partial charge in [0.1, 0.15) is 0 Å². The number of nitro groups is 1. The summed E-state index contributed by atoms with van der Waals surface area (Å²) in [6, 6.07) is 7.50. The zero-order valence-electron chi connectivity index (χ0n) is 11.6. The van der Waals surface area contributed by atoms with Gasteiger partial charge in [-0.2, -0.15) is 0 Å². The molecule has 2 rings (SSSR count). The fourth-order valence-corrected chi connectivity index (χ4v) is 1.88. The van der Waals surface area contributed by atoms with Crippen LogP contribution in [0.3, 0.4) is 0 Å². The van der Waals surface area contributed by atoms with Gasteiger partial charge in [-0.3, -0.25) is 19.9 Å². The van der Waals surface area contributed by atoms with Gasteiger partial charge in [0.2, 0.25) is 0 Å². The van der Waals surface area contributed by atoms with Gasteiger partial charge in [0, 0.05) is 50.0 Å². The Labute approximate surface area is 121 Å². The van der Waals surface area contributed by atoms with Crippen molar-refractivity contribution < 1.29 is 9.72 Å². The number of aromatic nitrogens is 1. The van der Waals surface area contributed by atoms with E-state index in [1.54, 1.807) is 26.4 Å². The number of carbonyl (C=O) groups excluding carboxylic acids is 1. The molecule has 0 unspecified atom stereocenters. The third kappa shape index (κ3) is 2.97. The van der Waals surface area contributed by atoms with Crippen LogP contribution in [0.4, 0.5) is 17.1 Å². The molecule has 0 fully saturated rings. The lowest BCUT2D eigenvalue weighted by Gasteiger charge is -2.18. The van der Waals surface area contributed by atoms with E-state index in [1.807, 2.05) is 0 Å². The van der Waals surface area contributed by atoms with Gasteiger partial charge in [0.15, 0.2) is 0 Å². The number of nitro benzene ring substituents is 1. The van der Waals surface area contributed by atoms with Crippen molar-refractivity contribution in [1.82, 2.24) is 4.98 Å². The molecule has 1 aromatic heterocycles. The fourth-order valence-electron chi connectivity index (χ4n) is 1.88. The number of non-ortho nitro benzene ring substituents is 1. The summed E-state index contributed by atoms with van der Waals surface area (Å²) in [5, 5.41) is 13.6. The third-order valence-corrected chi connectivity index (χ3v) is 3.07. The molecule has 21 heavy (non-hydrogen) atoms. The molecule has 0 radical (unpaired) electrons. The van der Waals surface area contributed by atoms with E-state index in [1.165, 1.54) is 35.4 Å². The van der Waals surface area contributed by atoms with Crippen molar-refractivity contribution in [3.63, 3.8) is 0 Å². The van der Waals surface area contributed by atoms with E-state index < -0.39 is 4.92 Å². The molecule has 0 aliphatic carbocycles. The maximum Gasteiger partial charge on any atom is 0.269 e. The minimum Gasteiger partial charge on any atom is -0.387 e. The molecule has 0 saturated carbocycles. The largest absolute Gasteiger partial charge is 0.387 e. The molecule has 7 nitrogen and oxygen atoms in total. The maximum atomic E-state index is 12.5. The van der Waals surface area contributed by atoms with Crippen molar-refractivity contribution in [1.29, 1.82) is 0 Å². The second kappa shape index (κ2) is 6.00. The number of nitrogens with zero attached hydrogens (tertiary/aromatic N) is 3. The van der Waals surface area contributed by atoms with Crippen LogP contribution in [0, 0.1) is 10.1 Å². The average Bonchev–Trinajstić information content (AvgIpc) is 2.53. The van der Waals surface area contributed by atoms with Crippen molar-refractivity contribution in [3.8, 4) is 0 Å². The lowest BCUT2D eigenvalue weighted by atomic mass is 10.2. The van der Waals surface area contributed by atoms with E-state index in [-0.39, 0.29) is 11.6 Å². The first-order valence-corrected chi connectivity index (χ1v) is 6.19. The molecule has 1 N–H and O–H groups in total. The Balaban J connectivity index is 2.28. The summed E-state index contributed by atoms with van der Waals surface area (Å²) in [4.78, 5) is 28.0. The monoisotopic (exact) mass is 286 g/mol. The van der Waals surface area contributed by atoms with Crippen molar-refractivity contribution in [2.45, 2.75) is 0 Å². The van der Waals surface area contributed by atoms with Crippen LogP contribution in [0.2, 0.25) is 0 Å². The molecule has 1 aromatic carbocycles. The lowest BCUT2D eigenvalue weighted by molar-refractivity contribution is -0.384. The molecule has 0 aliphatic heterocycles. The first kappa shape index (κ1) is 14.4. The smallest absolute Gasteiger partial charge is 0.269 e. The molecule has 1 heterocycles. The summed E-state index contributed by atoms with van der Waals surface area (Å²) in [6.45, 7) is 0. The molecule has 0 aliphatic rings. The predicted molar refractivity (Wildman–Crippen MR) is 79.6 cm³/mol. The van der Waals surface area contributed by atoms with Crippen LogP contribution < -0.4 is 10.2 Å². The number of rotatable bonds is 4. The van der Waals surface area contributed by atoms with Crippen molar-refractivity contribution in [2.75, 3.05) is 24.3 Å². The van der Waals surface area contributed by atoms with Crippen molar-refractivity contribution in [2.24, 2.45) is 0 Å². The van der Waals surface area contributed by atoms with E-state index in [2.05, 4.69) is 10.3 Å². The van der Waals surface area contributed by atoms with Crippen molar-refractivity contribution >= 4 is 23.0 Å². The van der Waals surface area contributed by atoms with Crippen LogP contribution in [-0.4, -0.2) is 29.9 Å². The SMILES string of the molecule is CNc1ccncc1C(=O)N(C)c1ccc([N+](=O)[O-])cc1. The zero-order valence-corrected chi connectivity index (χ0v) is 11.6. The van der Waals surface area contributed by atoms with E-state index in [9.17, 15) is 14.9 Å². The van der Waals surface area contributed by atoms with Gasteiger partial charge >= 0.3 is 0 Å². The van der Waals surface area contributed by atoms with E-state index in [0.29, 0.717) is 16.9 Å². The third-order valence-electron chi connectivity index (χ3n) is 3.07. The summed E-state index contributed by atoms with van der Waals surface area (Å²) in [6.07, 6.45) is 3.07. The number of hydrogen-bond acceptors (Lipinski definition) is 5. The molecule has 7 heteroatoms. The van der Waals surface area contributed by atoms with Crippen LogP contribution in [0.25, 0.3) is 0 Å². The highest BCUT2D eigenvalue weighted by Gasteiger charge is 2.17. The van der Waals surface area contributed by atoms with Gasteiger partial charge in [-0.1, -0.05) is 0 Å². The van der Waals surface area contributed by atoms with Crippen LogP contribution in [0.5, 0.6) is 0 Å². The Morgan fingerprint density at radius 1 is 1.29 bits per heavy atom. The van der Waals surface area contributed by atoms with Gasteiger partial charge in [0.05, 0.1) is 10.5 Å². The minimum absolute atomic E-state index is 0.0168. The Morgan fingerprint density at radius 2 is 1.95 bits per heavy atom. The van der Waals surface area contributed by atoms with Gasteiger partial charge in [0.25, 0.3) is 11.6 Å². The van der Waals surface area contributed by atoms with E-state index in [0.717, 1.165) is 0 Å². The number of benzene rings is 1. The predicted octanol–water partition coefficient (Wildman–Crippen LogP) is 2.31. The standard InChI is InChI=1S/C14H14N4O3/c1-15-13-7-8-16-9-12(13)14(19)17(2)10-3-5-11(6-4-10)18(20)21/h3-9H,1-2H3,(H,15,16). The maximum absolute atomic E-state index is 12.5.